The maximum Gasteiger partial charge on any atom is 0.360 e. The lowest BCUT2D eigenvalue weighted by atomic mass is 10.1. The standard InChI is InChI=1S/C18H17ClN2O5/c1-21(2)8-7-15-13(17(23)25-3)10-14(18(24)26-15)20-16(22)11-5-4-6-12(19)9-11/h4-10H,1-3H3,(H,20,22)/b8-7+. The van der Waals surface area contributed by atoms with Crippen molar-refractivity contribution >= 4 is 35.2 Å². The van der Waals surface area contributed by atoms with Crippen LogP contribution in [0.4, 0.5) is 5.69 Å². The molecule has 136 valence electrons. The number of hydrogen-bond acceptors (Lipinski definition) is 6. The van der Waals surface area contributed by atoms with E-state index in [0.717, 1.165) is 0 Å². The fraction of sp³-hybridized carbons (Fsp3) is 0.167. The molecule has 1 aromatic heterocycles. The highest BCUT2D eigenvalue weighted by Crippen LogP contribution is 2.17. The van der Waals surface area contributed by atoms with Crippen molar-refractivity contribution in [3.05, 3.63) is 68.9 Å². The van der Waals surface area contributed by atoms with Gasteiger partial charge in [-0.3, -0.25) is 4.79 Å². The number of halogens is 1. The summed E-state index contributed by atoms with van der Waals surface area (Å²) in [6.07, 6.45) is 3.06. The molecule has 7 nitrogen and oxygen atoms in total. The van der Waals surface area contributed by atoms with Crippen LogP contribution in [0.5, 0.6) is 0 Å². The third kappa shape index (κ3) is 4.73. The quantitative estimate of drug-likeness (QED) is 0.807. The summed E-state index contributed by atoms with van der Waals surface area (Å²) in [5.74, 6) is -1.24. The van der Waals surface area contributed by atoms with Gasteiger partial charge in [-0.05, 0) is 30.3 Å². The molecule has 0 spiro atoms. The molecule has 0 atom stereocenters. The van der Waals surface area contributed by atoms with Crippen LogP contribution in [0.2, 0.25) is 5.02 Å². The molecule has 1 amide bonds. The smallest absolute Gasteiger partial charge is 0.360 e. The van der Waals surface area contributed by atoms with Gasteiger partial charge in [-0.1, -0.05) is 17.7 Å². The Kier molecular flexibility index (Phi) is 6.19. The third-order valence-electron chi connectivity index (χ3n) is 3.24. The Balaban J connectivity index is 2.41. The number of esters is 1. The van der Waals surface area contributed by atoms with Crippen molar-refractivity contribution in [3.63, 3.8) is 0 Å². The number of carbonyl (C=O) groups excluding carboxylic acids is 2. The zero-order valence-corrected chi connectivity index (χ0v) is 15.2. The molecule has 0 aliphatic rings. The molecule has 1 aromatic carbocycles. The number of ether oxygens (including phenoxy) is 1. The van der Waals surface area contributed by atoms with Crippen LogP contribution in [0.15, 0.2) is 45.7 Å². The minimum absolute atomic E-state index is 0.00611. The van der Waals surface area contributed by atoms with Crippen molar-refractivity contribution in [2.45, 2.75) is 0 Å². The van der Waals surface area contributed by atoms with Gasteiger partial charge in [0, 0.05) is 30.9 Å². The summed E-state index contributed by atoms with van der Waals surface area (Å²) in [6.45, 7) is 0. The SMILES string of the molecule is COC(=O)c1cc(NC(=O)c2cccc(Cl)c2)c(=O)oc1/C=C/N(C)C. The Morgan fingerprint density at radius 2 is 2.00 bits per heavy atom. The molecule has 8 heteroatoms. The van der Waals surface area contributed by atoms with Gasteiger partial charge in [-0.15, -0.1) is 0 Å². The number of nitrogens with zero attached hydrogens (tertiary/aromatic N) is 1. The zero-order chi connectivity index (χ0) is 19.3. The summed E-state index contributed by atoms with van der Waals surface area (Å²) in [6, 6.07) is 7.43. The summed E-state index contributed by atoms with van der Waals surface area (Å²) in [5, 5.41) is 2.80. The van der Waals surface area contributed by atoms with Crippen molar-refractivity contribution in [1.82, 2.24) is 4.90 Å². The molecule has 0 bridgehead atoms. The second-order valence-electron chi connectivity index (χ2n) is 5.46. The maximum atomic E-state index is 12.3. The number of methoxy groups -OCH3 is 1. The second kappa shape index (κ2) is 8.35. The summed E-state index contributed by atoms with van der Waals surface area (Å²) in [4.78, 5) is 38.1. The van der Waals surface area contributed by atoms with Gasteiger partial charge in [-0.2, -0.15) is 0 Å². The lowest BCUT2D eigenvalue weighted by Crippen LogP contribution is -2.20. The number of rotatable bonds is 5. The van der Waals surface area contributed by atoms with Crippen LogP contribution >= 0.6 is 11.6 Å². The molecule has 0 fully saturated rings. The van der Waals surface area contributed by atoms with Gasteiger partial charge in [0.25, 0.3) is 5.91 Å². The molecule has 0 saturated carbocycles. The minimum Gasteiger partial charge on any atom is -0.465 e. The number of nitrogens with one attached hydrogen (secondary N) is 1. The normalized spacial score (nSPS) is 10.6. The molecule has 1 N–H and O–H groups in total. The summed E-state index contributed by atoms with van der Waals surface area (Å²) in [7, 11) is 4.75. The highest BCUT2D eigenvalue weighted by Gasteiger charge is 2.18. The number of anilines is 1. The van der Waals surface area contributed by atoms with Crippen LogP contribution in [0, 0.1) is 0 Å². The van der Waals surface area contributed by atoms with E-state index >= 15 is 0 Å². The van der Waals surface area contributed by atoms with Gasteiger partial charge in [0.15, 0.2) is 0 Å². The van der Waals surface area contributed by atoms with Gasteiger partial charge >= 0.3 is 11.6 Å². The van der Waals surface area contributed by atoms with Gasteiger partial charge in [0.1, 0.15) is 17.0 Å². The molecule has 0 aliphatic carbocycles. The Labute approximate surface area is 154 Å². The van der Waals surface area contributed by atoms with Crippen molar-refractivity contribution in [3.8, 4) is 0 Å². The molecule has 26 heavy (non-hydrogen) atoms. The van der Waals surface area contributed by atoms with Crippen molar-refractivity contribution in [2.24, 2.45) is 0 Å². The molecule has 2 aromatic rings. The first-order valence-electron chi connectivity index (χ1n) is 7.50. The van der Waals surface area contributed by atoms with Crippen LogP contribution in [0.3, 0.4) is 0 Å². The zero-order valence-electron chi connectivity index (χ0n) is 14.4. The lowest BCUT2D eigenvalue weighted by molar-refractivity contribution is 0.0597. The number of carbonyl (C=O) groups is 2. The van der Waals surface area contributed by atoms with Crippen LogP contribution < -0.4 is 10.9 Å². The second-order valence-corrected chi connectivity index (χ2v) is 5.90. The number of benzene rings is 1. The average molecular weight is 377 g/mol. The average Bonchev–Trinajstić information content (AvgIpc) is 2.60. The highest BCUT2D eigenvalue weighted by molar-refractivity contribution is 6.31. The minimum atomic E-state index is -0.800. The Bertz CT molecular complexity index is 918. The Hall–Kier alpha value is -3.06. The van der Waals surface area contributed by atoms with E-state index in [4.69, 9.17) is 20.8 Å². The van der Waals surface area contributed by atoms with E-state index in [1.54, 1.807) is 37.3 Å². The number of amides is 1. The first-order valence-corrected chi connectivity index (χ1v) is 7.87. The van der Waals surface area contributed by atoms with Crippen molar-refractivity contribution in [1.29, 1.82) is 0 Å². The van der Waals surface area contributed by atoms with Crippen LogP contribution in [0.25, 0.3) is 6.08 Å². The van der Waals surface area contributed by atoms with Crippen LogP contribution in [-0.4, -0.2) is 38.0 Å². The molecular formula is C18H17ClN2O5. The molecule has 1 heterocycles. The third-order valence-corrected chi connectivity index (χ3v) is 3.48. The molecule has 0 aliphatic heterocycles. The van der Waals surface area contributed by atoms with E-state index in [9.17, 15) is 14.4 Å². The largest absolute Gasteiger partial charge is 0.465 e. The van der Waals surface area contributed by atoms with E-state index in [2.05, 4.69) is 5.32 Å². The van der Waals surface area contributed by atoms with Gasteiger partial charge in [0.2, 0.25) is 0 Å². The van der Waals surface area contributed by atoms with E-state index in [1.165, 1.54) is 31.4 Å². The Morgan fingerprint density at radius 1 is 1.27 bits per heavy atom. The molecule has 0 unspecified atom stereocenters. The highest BCUT2D eigenvalue weighted by atomic mass is 35.5. The van der Waals surface area contributed by atoms with E-state index in [-0.39, 0.29) is 22.6 Å². The maximum absolute atomic E-state index is 12.3. The molecule has 2 rings (SSSR count). The summed E-state index contributed by atoms with van der Waals surface area (Å²) < 4.78 is 9.87. The van der Waals surface area contributed by atoms with Crippen LogP contribution in [0.1, 0.15) is 26.5 Å². The van der Waals surface area contributed by atoms with Gasteiger partial charge < -0.3 is 19.4 Å². The predicted molar refractivity (Wildman–Crippen MR) is 98.4 cm³/mol. The lowest BCUT2D eigenvalue weighted by Gasteiger charge is -2.09. The fourth-order valence-electron chi connectivity index (χ4n) is 2.01. The van der Waals surface area contributed by atoms with E-state index in [0.29, 0.717) is 5.02 Å². The van der Waals surface area contributed by atoms with Crippen LogP contribution in [-0.2, 0) is 4.74 Å². The molecular weight excluding hydrogens is 360 g/mol. The summed E-state index contributed by atoms with van der Waals surface area (Å²) in [5.41, 5.74) is -0.719. The summed E-state index contributed by atoms with van der Waals surface area (Å²) >= 11 is 5.86. The monoisotopic (exact) mass is 376 g/mol. The molecule has 0 saturated heterocycles. The first kappa shape index (κ1) is 19.3. The fourth-order valence-corrected chi connectivity index (χ4v) is 2.20. The predicted octanol–water partition coefficient (Wildman–Crippen LogP) is 2.86. The first-order chi connectivity index (χ1) is 12.3. The Morgan fingerprint density at radius 3 is 2.62 bits per heavy atom. The van der Waals surface area contributed by atoms with Gasteiger partial charge in [0.05, 0.1) is 7.11 Å². The topological polar surface area (TPSA) is 88.8 Å². The van der Waals surface area contributed by atoms with Crippen molar-refractivity contribution < 1.29 is 18.7 Å². The molecule has 0 radical (unpaired) electrons. The van der Waals surface area contributed by atoms with E-state index < -0.39 is 17.5 Å². The van der Waals surface area contributed by atoms with E-state index in [1.807, 2.05) is 0 Å². The van der Waals surface area contributed by atoms with Gasteiger partial charge in [-0.25, -0.2) is 9.59 Å². The van der Waals surface area contributed by atoms with Crippen molar-refractivity contribution in [2.75, 3.05) is 26.5 Å². The number of hydrogen-bond donors (Lipinski definition) is 1.